The molecule has 0 aliphatic heterocycles. The molecule has 0 fully saturated rings. The lowest BCUT2D eigenvalue weighted by atomic mass is 10.0. The molecule has 0 saturated carbocycles. The summed E-state index contributed by atoms with van der Waals surface area (Å²) in [6.45, 7) is 1.69. The summed E-state index contributed by atoms with van der Waals surface area (Å²) in [7, 11) is -4.16. The van der Waals surface area contributed by atoms with Gasteiger partial charge in [-0.3, -0.25) is 4.55 Å². The number of rotatable bonds is 2. The maximum Gasteiger partial charge on any atom is 0.294 e. The Kier molecular flexibility index (Phi) is 3.00. The summed E-state index contributed by atoms with van der Waals surface area (Å²) in [6, 6.07) is 14.3. The molecular formula is C13H12O3S. The van der Waals surface area contributed by atoms with E-state index in [2.05, 4.69) is 0 Å². The Morgan fingerprint density at radius 1 is 0.941 bits per heavy atom. The van der Waals surface area contributed by atoms with Gasteiger partial charge < -0.3 is 0 Å². The minimum absolute atomic E-state index is 0.0427. The third-order valence-electron chi connectivity index (χ3n) is 2.65. The van der Waals surface area contributed by atoms with Gasteiger partial charge in [0.1, 0.15) is 0 Å². The van der Waals surface area contributed by atoms with Crippen LogP contribution in [0.3, 0.4) is 0 Å². The van der Waals surface area contributed by atoms with Crippen LogP contribution in [0.4, 0.5) is 0 Å². The first-order valence-corrected chi connectivity index (χ1v) is 6.56. The Balaban J connectivity index is 2.67. The summed E-state index contributed by atoms with van der Waals surface area (Å²) in [5.41, 5.74) is 2.29. The smallest absolute Gasteiger partial charge is 0.282 e. The molecule has 0 heterocycles. The monoisotopic (exact) mass is 248 g/mol. The molecule has 0 spiro atoms. The highest BCUT2D eigenvalue weighted by Gasteiger charge is 2.15. The van der Waals surface area contributed by atoms with Crippen LogP contribution in [-0.4, -0.2) is 13.0 Å². The van der Waals surface area contributed by atoms with E-state index in [1.54, 1.807) is 13.0 Å². The first kappa shape index (κ1) is 11.8. The SMILES string of the molecule is Cc1c(-c2ccccc2)cccc1S(=O)(=O)O. The van der Waals surface area contributed by atoms with E-state index in [1.807, 2.05) is 36.4 Å². The molecule has 0 bridgehead atoms. The average Bonchev–Trinajstić information content (AvgIpc) is 2.29. The molecule has 2 rings (SSSR count). The fourth-order valence-corrected chi connectivity index (χ4v) is 2.57. The zero-order valence-corrected chi connectivity index (χ0v) is 10.1. The van der Waals surface area contributed by atoms with Crippen LogP contribution in [0, 0.1) is 6.92 Å². The first-order valence-electron chi connectivity index (χ1n) is 5.12. The fraction of sp³-hybridized carbons (Fsp3) is 0.0769. The standard InChI is InChI=1S/C13H12O3S/c1-10-12(11-6-3-2-4-7-11)8-5-9-13(10)17(14,15)16/h2-9H,1H3,(H,14,15,16). The maximum absolute atomic E-state index is 11.2. The van der Waals surface area contributed by atoms with Crippen LogP contribution in [-0.2, 0) is 10.1 Å². The molecule has 0 amide bonds. The van der Waals surface area contributed by atoms with Crippen LogP contribution in [0.5, 0.6) is 0 Å². The molecule has 1 N–H and O–H groups in total. The summed E-state index contributed by atoms with van der Waals surface area (Å²) in [6.07, 6.45) is 0. The largest absolute Gasteiger partial charge is 0.294 e. The Bertz CT molecular complexity index is 631. The van der Waals surface area contributed by atoms with Crippen LogP contribution in [0.1, 0.15) is 5.56 Å². The Morgan fingerprint density at radius 2 is 1.59 bits per heavy atom. The topological polar surface area (TPSA) is 54.4 Å². The van der Waals surface area contributed by atoms with E-state index in [1.165, 1.54) is 6.07 Å². The molecule has 0 aliphatic rings. The van der Waals surface area contributed by atoms with Gasteiger partial charge in [-0.15, -0.1) is 0 Å². The summed E-state index contributed by atoms with van der Waals surface area (Å²) >= 11 is 0. The summed E-state index contributed by atoms with van der Waals surface area (Å²) in [5, 5.41) is 0. The summed E-state index contributed by atoms with van der Waals surface area (Å²) < 4.78 is 31.5. The molecule has 2 aromatic carbocycles. The number of benzene rings is 2. The van der Waals surface area contributed by atoms with Gasteiger partial charge in [0.15, 0.2) is 0 Å². The third kappa shape index (κ3) is 2.38. The van der Waals surface area contributed by atoms with Gasteiger partial charge in [0, 0.05) is 0 Å². The van der Waals surface area contributed by atoms with Crippen molar-refractivity contribution in [2.75, 3.05) is 0 Å². The van der Waals surface area contributed by atoms with Crippen molar-refractivity contribution in [3.8, 4) is 11.1 Å². The number of hydrogen-bond donors (Lipinski definition) is 1. The second kappa shape index (κ2) is 4.31. The zero-order valence-electron chi connectivity index (χ0n) is 9.29. The Morgan fingerprint density at radius 3 is 2.18 bits per heavy atom. The van der Waals surface area contributed by atoms with E-state index in [-0.39, 0.29) is 4.90 Å². The van der Waals surface area contributed by atoms with Gasteiger partial charge in [0.2, 0.25) is 0 Å². The molecule has 0 aliphatic carbocycles. The highest BCUT2D eigenvalue weighted by Crippen LogP contribution is 2.27. The molecule has 17 heavy (non-hydrogen) atoms. The van der Waals surface area contributed by atoms with Crippen LogP contribution < -0.4 is 0 Å². The minimum Gasteiger partial charge on any atom is -0.282 e. The maximum atomic E-state index is 11.2. The average molecular weight is 248 g/mol. The van der Waals surface area contributed by atoms with Crippen molar-refractivity contribution >= 4 is 10.1 Å². The van der Waals surface area contributed by atoms with Gasteiger partial charge >= 0.3 is 0 Å². The second-order valence-corrected chi connectivity index (χ2v) is 5.16. The van der Waals surface area contributed by atoms with Crippen LogP contribution >= 0.6 is 0 Å². The van der Waals surface area contributed by atoms with Crippen molar-refractivity contribution < 1.29 is 13.0 Å². The van der Waals surface area contributed by atoms with Crippen LogP contribution in [0.15, 0.2) is 53.4 Å². The molecule has 0 saturated heterocycles. The van der Waals surface area contributed by atoms with E-state index in [9.17, 15) is 8.42 Å². The van der Waals surface area contributed by atoms with Gasteiger partial charge in [0.05, 0.1) is 4.90 Å². The number of hydrogen-bond acceptors (Lipinski definition) is 2. The quantitative estimate of drug-likeness (QED) is 0.831. The highest BCUT2D eigenvalue weighted by molar-refractivity contribution is 7.85. The van der Waals surface area contributed by atoms with E-state index in [0.717, 1.165) is 11.1 Å². The zero-order chi connectivity index (χ0) is 12.5. The van der Waals surface area contributed by atoms with Gasteiger partial charge in [-0.05, 0) is 29.7 Å². The van der Waals surface area contributed by atoms with Crippen molar-refractivity contribution in [3.63, 3.8) is 0 Å². The van der Waals surface area contributed by atoms with E-state index in [4.69, 9.17) is 4.55 Å². The molecular weight excluding hydrogens is 236 g/mol. The lowest BCUT2D eigenvalue weighted by Crippen LogP contribution is -2.01. The van der Waals surface area contributed by atoms with Gasteiger partial charge in [0.25, 0.3) is 10.1 Å². The normalized spacial score (nSPS) is 11.4. The van der Waals surface area contributed by atoms with Crippen molar-refractivity contribution in [1.82, 2.24) is 0 Å². The predicted molar refractivity (Wildman–Crippen MR) is 66.4 cm³/mol. The Hall–Kier alpha value is -1.65. The van der Waals surface area contributed by atoms with E-state index >= 15 is 0 Å². The van der Waals surface area contributed by atoms with E-state index in [0.29, 0.717) is 5.56 Å². The van der Waals surface area contributed by atoms with Crippen molar-refractivity contribution in [1.29, 1.82) is 0 Å². The first-order chi connectivity index (χ1) is 8.00. The molecule has 88 valence electrons. The van der Waals surface area contributed by atoms with Gasteiger partial charge in [-0.2, -0.15) is 8.42 Å². The van der Waals surface area contributed by atoms with Crippen LogP contribution in [0.2, 0.25) is 0 Å². The lowest BCUT2D eigenvalue weighted by Gasteiger charge is -2.09. The minimum atomic E-state index is -4.16. The molecule has 0 unspecified atom stereocenters. The van der Waals surface area contributed by atoms with Crippen molar-refractivity contribution in [2.45, 2.75) is 11.8 Å². The summed E-state index contributed by atoms with van der Waals surface area (Å²) in [4.78, 5) is -0.0427. The van der Waals surface area contributed by atoms with Gasteiger partial charge in [-0.25, -0.2) is 0 Å². The second-order valence-electron chi connectivity index (χ2n) is 3.77. The van der Waals surface area contributed by atoms with Crippen LogP contribution in [0.25, 0.3) is 11.1 Å². The molecule has 4 heteroatoms. The molecule has 0 atom stereocenters. The molecule has 0 radical (unpaired) electrons. The predicted octanol–water partition coefficient (Wildman–Crippen LogP) is 2.91. The van der Waals surface area contributed by atoms with Crippen molar-refractivity contribution in [2.24, 2.45) is 0 Å². The summed E-state index contributed by atoms with van der Waals surface area (Å²) in [5.74, 6) is 0. The Labute approximate surface area is 100 Å². The molecule has 0 aromatic heterocycles. The van der Waals surface area contributed by atoms with Gasteiger partial charge in [-0.1, -0.05) is 42.5 Å². The highest BCUT2D eigenvalue weighted by atomic mass is 32.2. The lowest BCUT2D eigenvalue weighted by molar-refractivity contribution is 0.482. The third-order valence-corrected chi connectivity index (χ3v) is 3.64. The van der Waals surface area contributed by atoms with Crippen molar-refractivity contribution in [3.05, 3.63) is 54.1 Å². The molecule has 3 nitrogen and oxygen atoms in total. The molecule has 2 aromatic rings. The fourth-order valence-electron chi connectivity index (χ4n) is 1.82. The van der Waals surface area contributed by atoms with E-state index < -0.39 is 10.1 Å².